The lowest BCUT2D eigenvalue weighted by molar-refractivity contribution is -0.158. The third-order valence-corrected chi connectivity index (χ3v) is 12.5. The number of esters is 1. The number of nitrogen functional groups attached to an aromatic ring is 1. The summed E-state index contributed by atoms with van der Waals surface area (Å²) in [7, 11) is -2.19. The maximum Gasteiger partial charge on any atom is 0.306 e. The Hall–Kier alpha value is -2.90. The van der Waals surface area contributed by atoms with Crippen LogP contribution in [0.2, 0.25) is 23.4 Å². The van der Waals surface area contributed by atoms with Crippen LogP contribution in [0.3, 0.4) is 0 Å². The SMILES string of the molecule is C#C[C@]1(CO[Si](C)(C)C(C)(C)C)O[C@@H](n2ccc3c(N)nc(Cl)nc32)C[C@@H]1OC(=O)CCCc1ccccc1. The van der Waals surface area contributed by atoms with Crippen molar-refractivity contribution in [3.05, 3.63) is 53.4 Å². The molecule has 3 aromatic rings. The van der Waals surface area contributed by atoms with E-state index in [2.05, 4.69) is 49.8 Å². The van der Waals surface area contributed by atoms with E-state index >= 15 is 0 Å². The number of aryl methyl sites for hydroxylation is 1. The van der Waals surface area contributed by atoms with E-state index in [9.17, 15) is 4.79 Å². The number of hydrogen-bond donors (Lipinski definition) is 1. The molecule has 1 aliphatic rings. The summed E-state index contributed by atoms with van der Waals surface area (Å²) in [5, 5.41) is 0.642. The van der Waals surface area contributed by atoms with Gasteiger partial charge >= 0.3 is 5.97 Å². The quantitative estimate of drug-likeness (QED) is 0.148. The average Bonchev–Trinajstić information content (AvgIpc) is 3.45. The van der Waals surface area contributed by atoms with Crippen LogP contribution < -0.4 is 5.73 Å². The molecule has 0 bridgehead atoms. The van der Waals surface area contributed by atoms with Gasteiger partial charge in [0.05, 0.1) is 12.0 Å². The van der Waals surface area contributed by atoms with Crippen LogP contribution in [0.5, 0.6) is 0 Å². The number of nitrogens with two attached hydrogens (primary N) is 1. The van der Waals surface area contributed by atoms with Crippen molar-refractivity contribution >= 4 is 42.7 Å². The van der Waals surface area contributed by atoms with Crippen LogP contribution in [0.4, 0.5) is 5.82 Å². The van der Waals surface area contributed by atoms with Crippen LogP contribution in [-0.4, -0.2) is 47.1 Å². The van der Waals surface area contributed by atoms with Crippen molar-refractivity contribution in [1.82, 2.24) is 14.5 Å². The summed E-state index contributed by atoms with van der Waals surface area (Å²) in [6.45, 7) is 10.9. The van der Waals surface area contributed by atoms with Gasteiger partial charge in [-0.3, -0.25) is 4.79 Å². The standard InChI is InChI=1S/C29H37ClN4O4Si/c1-7-29(19-36-39(5,6)28(2,3)4)22(37-24(35)15-11-14-20-12-9-8-10-13-20)18-23(38-29)34-17-16-21-25(31)32-27(30)33-26(21)34/h1,8-10,12-13,16-17,22-23H,11,14-15,18-19H2,2-6H3,(H2,31,32,33)/t22-,23+,29+/m0/s1. The smallest absolute Gasteiger partial charge is 0.306 e. The Morgan fingerprint density at radius 3 is 2.67 bits per heavy atom. The van der Waals surface area contributed by atoms with Gasteiger partial charge in [-0.05, 0) is 54.2 Å². The van der Waals surface area contributed by atoms with Crippen LogP contribution in [0, 0.1) is 12.3 Å². The highest BCUT2D eigenvalue weighted by Crippen LogP contribution is 2.43. The molecule has 3 heterocycles. The van der Waals surface area contributed by atoms with E-state index < -0.39 is 26.3 Å². The van der Waals surface area contributed by atoms with Gasteiger partial charge in [-0.1, -0.05) is 57.0 Å². The fourth-order valence-corrected chi connectivity index (χ4v) is 5.59. The van der Waals surface area contributed by atoms with E-state index in [1.807, 2.05) is 30.3 Å². The number of rotatable bonds is 9. The Kier molecular flexibility index (Phi) is 8.43. The number of nitrogens with zero attached hydrogens (tertiary/aromatic N) is 3. The third-order valence-electron chi connectivity index (χ3n) is 7.83. The summed E-state index contributed by atoms with van der Waals surface area (Å²) in [6, 6.07) is 11.9. The second-order valence-electron chi connectivity index (χ2n) is 11.5. The number of benzene rings is 1. The largest absolute Gasteiger partial charge is 0.458 e. The number of aromatic nitrogens is 3. The lowest BCUT2D eigenvalue weighted by Gasteiger charge is -2.39. The lowest BCUT2D eigenvalue weighted by Crippen LogP contribution is -2.50. The number of halogens is 1. The van der Waals surface area contributed by atoms with Gasteiger partial charge in [-0.25, -0.2) is 4.98 Å². The number of anilines is 1. The summed E-state index contributed by atoms with van der Waals surface area (Å²) < 4.78 is 20.9. The highest BCUT2D eigenvalue weighted by atomic mass is 35.5. The molecule has 10 heteroatoms. The van der Waals surface area contributed by atoms with Gasteiger partial charge in [0.25, 0.3) is 0 Å². The molecule has 0 aliphatic carbocycles. The molecule has 39 heavy (non-hydrogen) atoms. The number of hydrogen-bond acceptors (Lipinski definition) is 7. The minimum atomic E-state index is -2.19. The molecule has 0 spiro atoms. The van der Waals surface area contributed by atoms with Crippen molar-refractivity contribution in [2.24, 2.45) is 0 Å². The van der Waals surface area contributed by atoms with E-state index in [0.29, 0.717) is 23.9 Å². The molecular formula is C29H37ClN4O4Si. The van der Waals surface area contributed by atoms with Crippen LogP contribution >= 0.6 is 11.6 Å². The first-order valence-corrected chi connectivity index (χ1v) is 16.5. The van der Waals surface area contributed by atoms with Crippen molar-refractivity contribution in [2.45, 2.75) is 82.5 Å². The zero-order valence-electron chi connectivity index (χ0n) is 23.2. The van der Waals surface area contributed by atoms with E-state index in [-0.39, 0.29) is 35.1 Å². The molecule has 1 aromatic carbocycles. The highest BCUT2D eigenvalue weighted by molar-refractivity contribution is 6.74. The van der Waals surface area contributed by atoms with E-state index in [0.717, 1.165) is 6.42 Å². The molecule has 2 N–H and O–H groups in total. The summed E-state index contributed by atoms with van der Waals surface area (Å²) in [6.07, 6.45) is 8.67. The Morgan fingerprint density at radius 2 is 2.00 bits per heavy atom. The minimum Gasteiger partial charge on any atom is -0.458 e. The number of carbonyl (C=O) groups is 1. The summed E-state index contributed by atoms with van der Waals surface area (Å²) >= 11 is 6.10. The minimum absolute atomic E-state index is 0.0313. The van der Waals surface area contributed by atoms with E-state index in [1.165, 1.54) is 5.56 Å². The van der Waals surface area contributed by atoms with Gasteiger partial charge in [0, 0.05) is 19.0 Å². The average molecular weight is 569 g/mol. The summed E-state index contributed by atoms with van der Waals surface area (Å²) in [4.78, 5) is 21.4. The van der Waals surface area contributed by atoms with Crippen LogP contribution in [0.25, 0.3) is 11.0 Å². The van der Waals surface area contributed by atoms with Gasteiger partial charge in [0.2, 0.25) is 5.28 Å². The summed E-state index contributed by atoms with van der Waals surface area (Å²) in [5.74, 6) is 2.75. The van der Waals surface area contributed by atoms with Gasteiger partial charge < -0.3 is 24.2 Å². The van der Waals surface area contributed by atoms with E-state index in [1.54, 1.807) is 16.8 Å². The van der Waals surface area contributed by atoms with Crippen molar-refractivity contribution in [3.8, 4) is 12.3 Å². The van der Waals surface area contributed by atoms with Crippen molar-refractivity contribution in [1.29, 1.82) is 0 Å². The first-order chi connectivity index (χ1) is 18.3. The Bertz CT molecular complexity index is 1370. The predicted molar refractivity (Wildman–Crippen MR) is 156 cm³/mol. The van der Waals surface area contributed by atoms with Gasteiger partial charge in [0.1, 0.15) is 23.8 Å². The Morgan fingerprint density at radius 1 is 1.28 bits per heavy atom. The molecule has 0 saturated carbocycles. The topological polar surface area (TPSA) is 101 Å². The molecule has 1 saturated heterocycles. The lowest BCUT2D eigenvalue weighted by atomic mass is 9.98. The Balaban J connectivity index is 1.57. The maximum absolute atomic E-state index is 13.0. The highest BCUT2D eigenvalue weighted by Gasteiger charge is 2.53. The number of ether oxygens (including phenoxy) is 2. The molecule has 1 fully saturated rings. The van der Waals surface area contributed by atoms with Crippen molar-refractivity contribution in [3.63, 3.8) is 0 Å². The molecule has 0 unspecified atom stereocenters. The molecule has 2 aromatic heterocycles. The zero-order chi connectivity index (χ0) is 28.4. The zero-order valence-corrected chi connectivity index (χ0v) is 25.0. The third kappa shape index (κ3) is 6.30. The van der Waals surface area contributed by atoms with Gasteiger partial charge in [-0.15, -0.1) is 6.42 Å². The van der Waals surface area contributed by atoms with Gasteiger partial charge in [0.15, 0.2) is 13.9 Å². The molecule has 8 nitrogen and oxygen atoms in total. The first kappa shape index (κ1) is 29.1. The molecule has 0 amide bonds. The molecule has 4 rings (SSSR count). The van der Waals surface area contributed by atoms with Crippen LogP contribution in [0.15, 0.2) is 42.6 Å². The summed E-state index contributed by atoms with van der Waals surface area (Å²) in [5.41, 5.74) is 6.48. The van der Waals surface area contributed by atoms with Crippen LogP contribution in [0.1, 0.15) is 51.8 Å². The normalized spacial score (nSPS) is 21.7. The van der Waals surface area contributed by atoms with Crippen molar-refractivity contribution < 1.29 is 18.7 Å². The second-order valence-corrected chi connectivity index (χ2v) is 16.7. The fraction of sp³-hybridized carbons (Fsp3) is 0.483. The molecule has 3 atom stereocenters. The number of fused-ring (bicyclic) bond motifs is 1. The fourth-order valence-electron chi connectivity index (χ4n) is 4.41. The number of terminal acetylenes is 1. The monoisotopic (exact) mass is 568 g/mol. The first-order valence-electron chi connectivity index (χ1n) is 13.2. The molecule has 208 valence electrons. The van der Waals surface area contributed by atoms with Crippen molar-refractivity contribution in [2.75, 3.05) is 12.3 Å². The number of carbonyl (C=O) groups excluding carboxylic acids is 1. The maximum atomic E-state index is 13.0. The molecule has 0 radical (unpaired) electrons. The molecular weight excluding hydrogens is 532 g/mol. The predicted octanol–water partition coefficient (Wildman–Crippen LogP) is 5.91. The van der Waals surface area contributed by atoms with Gasteiger partial charge in [-0.2, -0.15) is 4.98 Å². The van der Waals surface area contributed by atoms with Crippen LogP contribution in [-0.2, 0) is 25.1 Å². The molecule has 1 aliphatic heterocycles. The second kappa shape index (κ2) is 11.3. The van der Waals surface area contributed by atoms with E-state index in [4.69, 9.17) is 37.7 Å². The Labute approximate surface area is 236 Å².